The van der Waals surface area contributed by atoms with Crippen molar-refractivity contribution in [3.05, 3.63) is 23.2 Å². The molecular weight excluding hydrogens is 218 g/mol. The fourth-order valence-corrected chi connectivity index (χ4v) is 1.26. The van der Waals surface area contributed by atoms with E-state index >= 15 is 0 Å². The van der Waals surface area contributed by atoms with E-state index in [9.17, 15) is 0 Å². The number of methoxy groups -OCH3 is 1. The van der Waals surface area contributed by atoms with E-state index in [2.05, 4.69) is 5.32 Å². The smallest absolute Gasteiger partial charge is 0.139 e. The Hall–Kier alpha value is -0.970. The van der Waals surface area contributed by atoms with Crippen LogP contribution in [0.25, 0.3) is 0 Å². The topological polar surface area (TPSA) is 61.7 Å². The summed E-state index contributed by atoms with van der Waals surface area (Å²) in [7, 11) is 1.54. The van der Waals surface area contributed by atoms with E-state index in [-0.39, 0.29) is 13.2 Å². The van der Waals surface area contributed by atoms with Crippen LogP contribution in [0.1, 0.15) is 0 Å². The lowest BCUT2D eigenvalue weighted by Gasteiger charge is -2.11. The Bertz CT molecular complexity index is 320. The van der Waals surface area contributed by atoms with Crippen molar-refractivity contribution < 1.29 is 14.9 Å². The van der Waals surface area contributed by atoms with Crippen molar-refractivity contribution in [1.29, 1.82) is 0 Å². The number of halogens is 1. The highest BCUT2D eigenvalue weighted by molar-refractivity contribution is 6.32. The van der Waals surface area contributed by atoms with Crippen molar-refractivity contribution in [3.63, 3.8) is 0 Å². The number of aliphatic hydroxyl groups excluding tert-OH is 2. The van der Waals surface area contributed by atoms with Gasteiger partial charge < -0.3 is 20.3 Å². The summed E-state index contributed by atoms with van der Waals surface area (Å²) in [5.41, 5.74) is 0.781. The van der Waals surface area contributed by atoms with E-state index in [1.807, 2.05) is 0 Å². The fourth-order valence-electron chi connectivity index (χ4n) is 1.07. The quantitative estimate of drug-likeness (QED) is 0.711. The van der Waals surface area contributed by atoms with Crippen molar-refractivity contribution in [2.45, 2.75) is 6.10 Å². The summed E-state index contributed by atoms with van der Waals surface area (Å²) in [6, 6.07) is 5.20. The van der Waals surface area contributed by atoms with Gasteiger partial charge in [0.05, 0.1) is 24.8 Å². The third kappa shape index (κ3) is 3.58. The van der Waals surface area contributed by atoms with Gasteiger partial charge in [0.15, 0.2) is 0 Å². The van der Waals surface area contributed by atoms with Gasteiger partial charge in [-0.2, -0.15) is 0 Å². The second kappa shape index (κ2) is 5.80. The van der Waals surface area contributed by atoms with Crippen LogP contribution in [0.3, 0.4) is 0 Å². The Labute approximate surface area is 93.4 Å². The highest BCUT2D eigenvalue weighted by Crippen LogP contribution is 2.27. The predicted octanol–water partition coefficient (Wildman–Crippen LogP) is 1.11. The minimum absolute atomic E-state index is 0.266. The highest BCUT2D eigenvalue weighted by atomic mass is 35.5. The Morgan fingerprint density at radius 2 is 2.27 bits per heavy atom. The molecule has 1 atom stereocenters. The summed E-state index contributed by atoms with van der Waals surface area (Å²) in [5, 5.41) is 21.2. The summed E-state index contributed by atoms with van der Waals surface area (Å²) < 4.78 is 5.03. The standard InChI is InChI=1S/C10H14ClNO3/c1-15-10-4-7(2-3-9(10)11)12-5-8(14)6-13/h2-4,8,12-14H,5-6H2,1H3/t8-/m0/s1. The first-order chi connectivity index (χ1) is 7.17. The maximum Gasteiger partial charge on any atom is 0.139 e. The zero-order chi connectivity index (χ0) is 11.3. The molecule has 0 fully saturated rings. The van der Waals surface area contributed by atoms with E-state index in [1.54, 1.807) is 18.2 Å². The highest BCUT2D eigenvalue weighted by Gasteiger charge is 2.04. The van der Waals surface area contributed by atoms with Crippen LogP contribution in [0.4, 0.5) is 5.69 Å². The van der Waals surface area contributed by atoms with Crippen LogP contribution in [0.15, 0.2) is 18.2 Å². The summed E-state index contributed by atoms with van der Waals surface area (Å²) in [6.45, 7) is 0.0129. The third-order valence-corrected chi connectivity index (χ3v) is 2.22. The maximum absolute atomic E-state index is 9.13. The molecule has 5 heteroatoms. The van der Waals surface area contributed by atoms with Gasteiger partial charge in [0.2, 0.25) is 0 Å². The molecular formula is C10H14ClNO3. The molecule has 0 saturated heterocycles. The SMILES string of the molecule is COc1cc(NC[C@H](O)CO)ccc1Cl. The number of benzene rings is 1. The van der Waals surface area contributed by atoms with Crippen molar-refractivity contribution in [2.75, 3.05) is 25.6 Å². The van der Waals surface area contributed by atoms with Gasteiger partial charge in [-0.25, -0.2) is 0 Å². The summed E-state index contributed by atoms with van der Waals surface area (Å²) in [4.78, 5) is 0. The molecule has 0 aliphatic heterocycles. The number of ether oxygens (including phenoxy) is 1. The molecule has 3 N–H and O–H groups in total. The molecule has 0 heterocycles. The monoisotopic (exact) mass is 231 g/mol. The number of nitrogens with one attached hydrogen (secondary N) is 1. The van der Waals surface area contributed by atoms with Crippen LogP contribution in [-0.2, 0) is 0 Å². The van der Waals surface area contributed by atoms with Gasteiger partial charge in [-0.3, -0.25) is 0 Å². The van der Waals surface area contributed by atoms with Gasteiger partial charge >= 0.3 is 0 Å². The largest absolute Gasteiger partial charge is 0.495 e. The number of hydrogen-bond donors (Lipinski definition) is 3. The number of hydrogen-bond acceptors (Lipinski definition) is 4. The minimum Gasteiger partial charge on any atom is -0.495 e. The van der Waals surface area contributed by atoms with Crippen LogP contribution < -0.4 is 10.1 Å². The molecule has 1 aromatic rings. The van der Waals surface area contributed by atoms with Gasteiger partial charge in [0, 0.05) is 18.3 Å². The molecule has 0 bridgehead atoms. The van der Waals surface area contributed by atoms with Crippen molar-refractivity contribution in [2.24, 2.45) is 0 Å². The number of rotatable bonds is 5. The molecule has 0 radical (unpaired) electrons. The van der Waals surface area contributed by atoms with Crippen LogP contribution in [0.2, 0.25) is 5.02 Å². The lowest BCUT2D eigenvalue weighted by atomic mass is 10.3. The van der Waals surface area contributed by atoms with Crippen LogP contribution in [-0.4, -0.2) is 36.6 Å². The van der Waals surface area contributed by atoms with Gasteiger partial charge in [-0.15, -0.1) is 0 Å². The molecule has 15 heavy (non-hydrogen) atoms. The first kappa shape index (κ1) is 12.1. The Morgan fingerprint density at radius 3 is 2.87 bits per heavy atom. The van der Waals surface area contributed by atoms with Crippen LogP contribution in [0, 0.1) is 0 Å². The maximum atomic E-state index is 9.13. The number of anilines is 1. The minimum atomic E-state index is -0.772. The van der Waals surface area contributed by atoms with E-state index < -0.39 is 6.10 Å². The van der Waals surface area contributed by atoms with Crippen LogP contribution >= 0.6 is 11.6 Å². The first-order valence-electron chi connectivity index (χ1n) is 4.53. The molecule has 0 aliphatic rings. The van der Waals surface area contributed by atoms with E-state index in [0.29, 0.717) is 10.8 Å². The molecule has 4 nitrogen and oxygen atoms in total. The molecule has 0 aliphatic carbocycles. The molecule has 0 amide bonds. The summed E-state index contributed by atoms with van der Waals surface area (Å²) >= 11 is 5.84. The molecule has 1 rings (SSSR count). The first-order valence-corrected chi connectivity index (χ1v) is 4.91. The second-order valence-corrected chi connectivity index (χ2v) is 3.47. The predicted molar refractivity (Wildman–Crippen MR) is 59.6 cm³/mol. The number of aliphatic hydroxyl groups is 2. The lowest BCUT2D eigenvalue weighted by molar-refractivity contribution is 0.105. The molecule has 0 aromatic heterocycles. The van der Waals surface area contributed by atoms with Gasteiger partial charge in [0.1, 0.15) is 5.75 Å². The van der Waals surface area contributed by atoms with E-state index in [1.165, 1.54) is 7.11 Å². The zero-order valence-electron chi connectivity index (χ0n) is 8.40. The lowest BCUT2D eigenvalue weighted by Crippen LogP contribution is -2.22. The van der Waals surface area contributed by atoms with Gasteiger partial charge in [0.25, 0.3) is 0 Å². The molecule has 0 saturated carbocycles. The fraction of sp³-hybridized carbons (Fsp3) is 0.400. The van der Waals surface area contributed by atoms with Crippen molar-refractivity contribution >= 4 is 17.3 Å². The van der Waals surface area contributed by atoms with E-state index in [4.69, 9.17) is 26.6 Å². The average Bonchev–Trinajstić information content (AvgIpc) is 2.27. The molecule has 84 valence electrons. The van der Waals surface area contributed by atoms with Gasteiger partial charge in [-0.1, -0.05) is 11.6 Å². The molecule has 1 aromatic carbocycles. The Morgan fingerprint density at radius 1 is 1.53 bits per heavy atom. The van der Waals surface area contributed by atoms with Gasteiger partial charge in [-0.05, 0) is 12.1 Å². The van der Waals surface area contributed by atoms with Crippen LogP contribution in [0.5, 0.6) is 5.75 Å². The molecule has 0 spiro atoms. The average molecular weight is 232 g/mol. The van der Waals surface area contributed by atoms with Crippen molar-refractivity contribution in [3.8, 4) is 5.75 Å². The summed E-state index contributed by atoms with van der Waals surface area (Å²) in [6.07, 6.45) is -0.772. The Balaban J connectivity index is 2.62. The zero-order valence-corrected chi connectivity index (χ0v) is 9.16. The second-order valence-electron chi connectivity index (χ2n) is 3.07. The van der Waals surface area contributed by atoms with E-state index in [0.717, 1.165) is 5.69 Å². The van der Waals surface area contributed by atoms with Crippen molar-refractivity contribution in [1.82, 2.24) is 0 Å². The molecule has 0 unspecified atom stereocenters. The summed E-state index contributed by atoms with van der Waals surface area (Å²) in [5.74, 6) is 0.570. The third-order valence-electron chi connectivity index (χ3n) is 1.90. The Kier molecular flexibility index (Phi) is 4.68. The normalized spacial score (nSPS) is 12.3.